The molecule has 2 rings (SSSR count). The van der Waals surface area contributed by atoms with Crippen molar-refractivity contribution in [2.75, 3.05) is 19.7 Å². The zero-order valence-electron chi connectivity index (χ0n) is 11.7. The van der Waals surface area contributed by atoms with Crippen LogP contribution in [0.25, 0.3) is 0 Å². The Morgan fingerprint density at radius 1 is 1.45 bits per heavy atom. The maximum atomic E-state index is 12.7. The van der Waals surface area contributed by atoms with Crippen LogP contribution < -0.4 is 0 Å². The average molecular weight is 291 g/mol. The molecular formula is C13H20F3N3O. The fourth-order valence-electron chi connectivity index (χ4n) is 2.31. The Morgan fingerprint density at radius 2 is 2.20 bits per heavy atom. The van der Waals surface area contributed by atoms with E-state index < -0.39 is 12.3 Å². The Labute approximate surface area is 116 Å². The molecule has 0 N–H and O–H groups in total. The number of morpholine rings is 1. The van der Waals surface area contributed by atoms with Crippen LogP contribution in [0.3, 0.4) is 0 Å². The third-order valence-corrected chi connectivity index (χ3v) is 3.26. The van der Waals surface area contributed by atoms with E-state index in [9.17, 15) is 13.2 Å². The molecule has 2 heterocycles. The van der Waals surface area contributed by atoms with Crippen LogP contribution in [0, 0.1) is 5.92 Å². The van der Waals surface area contributed by atoms with E-state index in [0.717, 1.165) is 12.2 Å². The van der Waals surface area contributed by atoms with Crippen molar-refractivity contribution in [3.8, 4) is 0 Å². The smallest absolute Gasteiger partial charge is 0.366 e. The number of imidazole rings is 1. The lowest BCUT2D eigenvalue weighted by Gasteiger charge is -2.33. The molecule has 0 spiro atoms. The van der Waals surface area contributed by atoms with Gasteiger partial charge in [-0.3, -0.25) is 4.90 Å². The average Bonchev–Trinajstić information content (AvgIpc) is 2.75. The van der Waals surface area contributed by atoms with Crippen LogP contribution >= 0.6 is 0 Å². The van der Waals surface area contributed by atoms with Crippen molar-refractivity contribution >= 4 is 0 Å². The van der Waals surface area contributed by atoms with Gasteiger partial charge in [0.1, 0.15) is 0 Å². The van der Waals surface area contributed by atoms with E-state index in [-0.39, 0.29) is 13.2 Å². The van der Waals surface area contributed by atoms with Crippen molar-refractivity contribution in [1.29, 1.82) is 0 Å². The lowest BCUT2D eigenvalue weighted by Crippen LogP contribution is -2.48. The van der Waals surface area contributed by atoms with Gasteiger partial charge in [-0.2, -0.15) is 13.2 Å². The first kappa shape index (κ1) is 15.3. The second-order valence-corrected chi connectivity index (χ2v) is 5.57. The van der Waals surface area contributed by atoms with E-state index in [4.69, 9.17) is 4.74 Å². The minimum absolute atomic E-state index is 0.114. The van der Waals surface area contributed by atoms with Crippen LogP contribution in [0.5, 0.6) is 0 Å². The molecule has 1 atom stereocenters. The quantitative estimate of drug-likeness (QED) is 0.853. The Balaban J connectivity index is 1.98. The van der Waals surface area contributed by atoms with Crippen LogP contribution in [-0.2, 0) is 17.8 Å². The number of alkyl halides is 3. The Hall–Kier alpha value is -1.08. The second-order valence-electron chi connectivity index (χ2n) is 5.57. The van der Waals surface area contributed by atoms with Gasteiger partial charge in [0, 0.05) is 32.4 Å². The van der Waals surface area contributed by atoms with Crippen LogP contribution in [0.1, 0.15) is 19.5 Å². The summed E-state index contributed by atoms with van der Waals surface area (Å²) in [5, 5.41) is 0. The molecule has 0 radical (unpaired) electrons. The Kier molecular flexibility index (Phi) is 4.70. The fraction of sp³-hybridized carbons (Fsp3) is 0.769. The summed E-state index contributed by atoms with van der Waals surface area (Å²) in [6.07, 6.45) is -2.52. The highest BCUT2D eigenvalue weighted by Gasteiger charge is 2.43. The molecule has 0 amide bonds. The fourth-order valence-corrected chi connectivity index (χ4v) is 2.31. The zero-order chi connectivity index (χ0) is 14.8. The molecule has 1 aliphatic heterocycles. The third-order valence-electron chi connectivity index (χ3n) is 3.26. The summed E-state index contributed by atoms with van der Waals surface area (Å²) in [5.74, 6) is 0.468. The number of nitrogens with zero attached hydrogens (tertiary/aromatic N) is 3. The highest BCUT2D eigenvalue weighted by atomic mass is 19.4. The largest absolute Gasteiger partial charge is 0.415 e. The monoisotopic (exact) mass is 291 g/mol. The van der Waals surface area contributed by atoms with E-state index in [0.29, 0.717) is 19.0 Å². The first-order valence-electron chi connectivity index (χ1n) is 6.76. The van der Waals surface area contributed by atoms with E-state index in [1.165, 1.54) is 0 Å². The van der Waals surface area contributed by atoms with Crippen molar-refractivity contribution in [3.63, 3.8) is 0 Å². The third kappa shape index (κ3) is 3.96. The maximum Gasteiger partial charge on any atom is 0.415 e. The lowest BCUT2D eigenvalue weighted by molar-refractivity contribution is -0.237. The predicted octanol–water partition coefficient (Wildman–Crippen LogP) is 2.30. The molecule has 4 nitrogen and oxygen atoms in total. The van der Waals surface area contributed by atoms with Crippen LogP contribution in [0.2, 0.25) is 0 Å². The van der Waals surface area contributed by atoms with E-state index in [1.54, 1.807) is 17.4 Å². The lowest BCUT2D eigenvalue weighted by atomic mass is 10.2. The molecule has 1 aromatic heterocycles. The molecule has 1 fully saturated rings. The number of ether oxygens (including phenoxy) is 1. The maximum absolute atomic E-state index is 12.7. The zero-order valence-corrected chi connectivity index (χ0v) is 11.7. The normalized spacial score (nSPS) is 21.6. The summed E-state index contributed by atoms with van der Waals surface area (Å²) >= 11 is 0. The van der Waals surface area contributed by atoms with E-state index in [1.807, 2.05) is 4.57 Å². The first-order valence-corrected chi connectivity index (χ1v) is 6.76. The van der Waals surface area contributed by atoms with Crippen LogP contribution in [-0.4, -0.2) is 46.4 Å². The Morgan fingerprint density at radius 3 is 2.85 bits per heavy atom. The molecule has 7 heteroatoms. The van der Waals surface area contributed by atoms with Gasteiger partial charge in [0.15, 0.2) is 6.10 Å². The molecule has 0 saturated carbocycles. The van der Waals surface area contributed by atoms with Crippen LogP contribution in [0.15, 0.2) is 12.5 Å². The van der Waals surface area contributed by atoms with Crippen molar-refractivity contribution < 1.29 is 17.9 Å². The molecule has 0 aromatic carbocycles. The van der Waals surface area contributed by atoms with Gasteiger partial charge in [-0.05, 0) is 5.92 Å². The molecule has 0 bridgehead atoms. The van der Waals surface area contributed by atoms with Gasteiger partial charge < -0.3 is 9.30 Å². The van der Waals surface area contributed by atoms with Gasteiger partial charge in [0.05, 0.1) is 18.6 Å². The van der Waals surface area contributed by atoms with Crippen LogP contribution in [0.4, 0.5) is 13.2 Å². The molecule has 1 saturated heterocycles. The molecular weight excluding hydrogens is 271 g/mol. The van der Waals surface area contributed by atoms with Gasteiger partial charge in [-0.15, -0.1) is 0 Å². The summed E-state index contributed by atoms with van der Waals surface area (Å²) in [6.45, 7) is 6.00. The van der Waals surface area contributed by atoms with Gasteiger partial charge >= 0.3 is 6.18 Å². The standard InChI is InChI=1S/C13H20F3N3O/c1-10(2)6-19-9-17-5-11(19)7-18-3-4-20-12(8-18)13(14,15)16/h5,9-10,12H,3-4,6-8H2,1-2H3. The van der Waals surface area contributed by atoms with Gasteiger partial charge in [-0.25, -0.2) is 4.98 Å². The Bertz CT molecular complexity index is 431. The van der Waals surface area contributed by atoms with E-state index in [2.05, 4.69) is 18.8 Å². The van der Waals surface area contributed by atoms with Crippen molar-refractivity contribution in [3.05, 3.63) is 18.2 Å². The topological polar surface area (TPSA) is 30.3 Å². The molecule has 1 aromatic rings. The summed E-state index contributed by atoms with van der Waals surface area (Å²) < 4.78 is 44.8. The minimum atomic E-state index is -4.29. The van der Waals surface area contributed by atoms with Crippen molar-refractivity contribution in [2.24, 2.45) is 5.92 Å². The summed E-state index contributed by atoms with van der Waals surface area (Å²) in [7, 11) is 0. The molecule has 20 heavy (non-hydrogen) atoms. The predicted molar refractivity (Wildman–Crippen MR) is 68.1 cm³/mol. The van der Waals surface area contributed by atoms with Gasteiger partial charge in [0.25, 0.3) is 0 Å². The van der Waals surface area contributed by atoms with Crippen molar-refractivity contribution in [1.82, 2.24) is 14.5 Å². The number of halogens is 3. The van der Waals surface area contributed by atoms with Crippen molar-refractivity contribution in [2.45, 2.75) is 39.2 Å². The van der Waals surface area contributed by atoms with Gasteiger partial charge in [-0.1, -0.05) is 13.8 Å². The first-order chi connectivity index (χ1) is 9.36. The van der Waals surface area contributed by atoms with E-state index >= 15 is 0 Å². The highest BCUT2D eigenvalue weighted by Crippen LogP contribution is 2.26. The molecule has 0 aliphatic carbocycles. The SMILES string of the molecule is CC(C)Cn1cncc1CN1CCOC(C(F)(F)F)C1. The molecule has 1 aliphatic rings. The summed E-state index contributed by atoms with van der Waals surface area (Å²) in [6, 6.07) is 0. The number of aromatic nitrogens is 2. The number of hydrogen-bond donors (Lipinski definition) is 0. The number of rotatable bonds is 4. The summed E-state index contributed by atoms with van der Waals surface area (Å²) in [5.41, 5.74) is 0.946. The van der Waals surface area contributed by atoms with Gasteiger partial charge in [0.2, 0.25) is 0 Å². The highest BCUT2D eigenvalue weighted by molar-refractivity contribution is 4.99. The second kappa shape index (κ2) is 6.13. The number of hydrogen-bond acceptors (Lipinski definition) is 3. The molecule has 1 unspecified atom stereocenters. The molecule has 114 valence electrons. The summed E-state index contributed by atoms with van der Waals surface area (Å²) in [4.78, 5) is 5.86. The minimum Gasteiger partial charge on any atom is -0.366 e.